The van der Waals surface area contributed by atoms with Crippen LogP contribution in [0, 0.1) is 19.3 Å². The molecule has 0 unspecified atom stereocenters. The van der Waals surface area contributed by atoms with Gasteiger partial charge in [0.05, 0.1) is 16.7 Å². The highest BCUT2D eigenvalue weighted by Crippen LogP contribution is 2.16. The van der Waals surface area contributed by atoms with Gasteiger partial charge in [-0.1, -0.05) is 0 Å². The van der Waals surface area contributed by atoms with Gasteiger partial charge in [-0.05, 0) is 34.6 Å². The van der Waals surface area contributed by atoms with E-state index in [-0.39, 0.29) is 12.5 Å². The first kappa shape index (κ1) is 15.2. The number of aliphatic carboxylic acids is 1. The molecule has 6 heteroatoms. The van der Waals surface area contributed by atoms with Crippen LogP contribution in [0.3, 0.4) is 0 Å². The van der Waals surface area contributed by atoms with Crippen molar-refractivity contribution in [2.45, 2.75) is 41.2 Å². The average molecular weight is 267 g/mol. The van der Waals surface area contributed by atoms with Gasteiger partial charge in [0.15, 0.2) is 0 Å². The number of hydrogen-bond acceptors (Lipinski definition) is 3. The zero-order valence-corrected chi connectivity index (χ0v) is 12.1. The lowest BCUT2D eigenvalue weighted by molar-refractivity contribution is -0.146. The van der Waals surface area contributed by atoms with Crippen molar-refractivity contribution in [3.05, 3.63) is 17.0 Å². The van der Waals surface area contributed by atoms with E-state index in [1.807, 2.05) is 13.8 Å². The summed E-state index contributed by atoms with van der Waals surface area (Å²) in [6.45, 7) is 9.49. The van der Waals surface area contributed by atoms with Gasteiger partial charge in [0.2, 0.25) is 0 Å². The Morgan fingerprint density at radius 1 is 1.37 bits per heavy atom. The van der Waals surface area contributed by atoms with Crippen LogP contribution in [0.4, 0.5) is 0 Å². The van der Waals surface area contributed by atoms with Gasteiger partial charge in [0.25, 0.3) is 5.91 Å². The van der Waals surface area contributed by atoms with Crippen molar-refractivity contribution in [2.24, 2.45) is 5.41 Å². The van der Waals surface area contributed by atoms with E-state index in [0.29, 0.717) is 17.8 Å². The van der Waals surface area contributed by atoms with Gasteiger partial charge in [-0.25, -0.2) is 0 Å². The first-order valence-electron chi connectivity index (χ1n) is 6.26. The van der Waals surface area contributed by atoms with Crippen molar-refractivity contribution in [2.75, 3.05) is 6.54 Å². The average Bonchev–Trinajstić information content (AvgIpc) is 2.61. The highest BCUT2D eigenvalue weighted by atomic mass is 16.4. The number of carbonyl (C=O) groups is 2. The third-order valence-electron chi connectivity index (χ3n) is 3.18. The molecule has 1 rings (SSSR count). The Kier molecular flexibility index (Phi) is 4.34. The van der Waals surface area contributed by atoms with Crippen molar-refractivity contribution in [3.63, 3.8) is 0 Å². The Labute approximate surface area is 112 Å². The van der Waals surface area contributed by atoms with Crippen LogP contribution in [0.1, 0.15) is 42.5 Å². The predicted octanol–water partition coefficient (Wildman–Crippen LogP) is 1.36. The topological polar surface area (TPSA) is 84.2 Å². The molecule has 1 aromatic rings. The summed E-state index contributed by atoms with van der Waals surface area (Å²) in [5, 5.41) is 15.9. The van der Waals surface area contributed by atoms with Crippen molar-refractivity contribution >= 4 is 11.9 Å². The maximum atomic E-state index is 12.1. The van der Waals surface area contributed by atoms with E-state index in [4.69, 9.17) is 5.11 Å². The lowest BCUT2D eigenvalue weighted by atomic mass is 9.94. The number of carboxylic acids is 1. The second-order valence-corrected chi connectivity index (χ2v) is 5.23. The fourth-order valence-electron chi connectivity index (χ4n) is 1.80. The Bertz CT molecular complexity index is 503. The molecule has 0 bridgehead atoms. The number of nitrogens with one attached hydrogen (secondary N) is 1. The van der Waals surface area contributed by atoms with E-state index in [0.717, 1.165) is 5.69 Å². The molecule has 2 N–H and O–H groups in total. The maximum Gasteiger partial charge on any atom is 0.310 e. The fraction of sp³-hybridized carbons (Fsp3) is 0.615. The van der Waals surface area contributed by atoms with Gasteiger partial charge in [-0.2, -0.15) is 5.10 Å². The van der Waals surface area contributed by atoms with Crippen molar-refractivity contribution in [3.8, 4) is 0 Å². The normalized spacial score (nSPS) is 11.4. The van der Waals surface area contributed by atoms with Crippen LogP contribution in [0.5, 0.6) is 0 Å². The van der Waals surface area contributed by atoms with Crippen LogP contribution < -0.4 is 5.32 Å². The second kappa shape index (κ2) is 5.42. The lowest BCUT2D eigenvalue weighted by Gasteiger charge is -2.19. The smallest absolute Gasteiger partial charge is 0.310 e. The molecule has 0 radical (unpaired) electrons. The highest BCUT2D eigenvalue weighted by molar-refractivity contribution is 5.96. The summed E-state index contributed by atoms with van der Waals surface area (Å²) in [5.41, 5.74) is 0.997. The number of hydrogen-bond donors (Lipinski definition) is 2. The third-order valence-corrected chi connectivity index (χ3v) is 3.18. The monoisotopic (exact) mass is 267 g/mol. The van der Waals surface area contributed by atoms with Gasteiger partial charge >= 0.3 is 5.97 Å². The number of carbonyl (C=O) groups excluding carboxylic acids is 1. The first-order chi connectivity index (χ1) is 8.70. The molecule has 0 aromatic carbocycles. The van der Waals surface area contributed by atoms with E-state index >= 15 is 0 Å². The predicted molar refractivity (Wildman–Crippen MR) is 71.1 cm³/mol. The van der Waals surface area contributed by atoms with Crippen LogP contribution in [0.15, 0.2) is 0 Å². The van der Waals surface area contributed by atoms with Gasteiger partial charge in [0, 0.05) is 18.8 Å². The molecule has 0 fully saturated rings. The van der Waals surface area contributed by atoms with E-state index in [2.05, 4.69) is 10.4 Å². The van der Waals surface area contributed by atoms with E-state index in [1.165, 1.54) is 0 Å². The summed E-state index contributed by atoms with van der Waals surface area (Å²) in [5.74, 6) is -1.21. The van der Waals surface area contributed by atoms with Gasteiger partial charge in [0.1, 0.15) is 0 Å². The largest absolute Gasteiger partial charge is 0.481 e. The minimum atomic E-state index is -0.988. The number of carboxylic acid groups (broad SMARTS) is 1. The molecule has 0 aliphatic carbocycles. The molecular formula is C13H21N3O3. The molecule has 19 heavy (non-hydrogen) atoms. The molecule has 1 amide bonds. The number of rotatable bonds is 5. The SMILES string of the molecule is CCn1nc(C)c(C(=O)NCC(C)(C)C(=O)O)c1C. The zero-order chi connectivity index (χ0) is 14.8. The highest BCUT2D eigenvalue weighted by Gasteiger charge is 2.28. The summed E-state index contributed by atoms with van der Waals surface area (Å²) >= 11 is 0. The standard InChI is InChI=1S/C13H21N3O3/c1-6-16-9(3)10(8(2)15-16)11(17)14-7-13(4,5)12(18)19/h6-7H2,1-5H3,(H,14,17)(H,18,19). The number of nitrogens with zero attached hydrogens (tertiary/aromatic N) is 2. The van der Waals surface area contributed by atoms with E-state index in [1.54, 1.807) is 25.5 Å². The third kappa shape index (κ3) is 3.13. The molecule has 106 valence electrons. The second-order valence-electron chi connectivity index (χ2n) is 5.23. The zero-order valence-electron chi connectivity index (χ0n) is 12.1. The molecule has 1 aromatic heterocycles. The van der Waals surface area contributed by atoms with Gasteiger partial charge in [-0.15, -0.1) is 0 Å². The van der Waals surface area contributed by atoms with Crippen LogP contribution in [-0.4, -0.2) is 33.3 Å². The minimum absolute atomic E-state index is 0.0807. The molecule has 0 saturated heterocycles. The van der Waals surface area contributed by atoms with Crippen molar-refractivity contribution < 1.29 is 14.7 Å². The molecule has 0 saturated carbocycles. The molecule has 6 nitrogen and oxygen atoms in total. The lowest BCUT2D eigenvalue weighted by Crippen LogP contribution is -2.39. The number of aryl methyl sites for hydroxylation is 2. The number of amides is 1. The molecule has 0 aliphatic rings. The van der Waals surface area contributed by atoms with Crippen LogP contribution in [-0.2, 0) is 11.3 Å². The van der Waals surface area contributed by atoms with E-state index < -0.39 is 11.4 Å². The van der Waals surface area contributed by atoms with E-state index in [9.17, 15) is 9.59 Å². The van der Waals surface area contributed by atoms with Crippen LogP contribution >= 0.6 is 0 Å². The quantitative estimate of drug-likeness (QED) is 0.843. The number of aromatic nitrogens is 2. The van der Waals surface area contributed by atoms with Crippen molar-refractivity contribution in [1.82, 2.24) is 15.1 Å². The Balaban J connectivity index is 2.86. The first-order valence-corrected chi connectivity index (χ1v) is 6.26. The van der Waals surface area contributed by atoms with Crippen LogP contribution in [0.25, 0.3) is 0 Å². The molecular weight excluding hydrogens is 246 g/mol. The summed E-state index contributed by atoms with van der Waals surface area (Å²) in [7, 11) is 0. The minimum Gasteiger partial charge on any atom is -0.481 e. The summed E-state index contributed by atoms with van der Waals surface area (Å²) < 4.78 is 1.76. The van der Waals surface area contributed by atoms with Gasteiger partial charge in [-0.3, -0.25) is 14.3 Å². The Hall–Kier alpha value is -1.85. The summed E-state index contributed by atoms with van der Waals surface area (Å²) in [4.78, 5) is 23.1. The fourth-order valence-corrected chi connectivity index (χ4v) is 1.80. The Morgan fingerprint density at radius 3 is 2.37 bits per heavy atom. The van der Waals surface area contributed by atoms with Crippen molar-refractivity contribution in [1.29, 1.82) is 0 Å². The Morgan fingerprint density at radius 2 is 1.95 bits per heavy atom. The van der Waals surface area contributed by atoms with Gasteiger partial charge < -0.3 is 10.4 Å². The molecule has 0 atom stereocenters. The maximum absolute atomic E-state index is 12.1. The molecule has 1 heterocycles. The van der Waals surface area contributed by atoms with Crippen LogP contribution in [0.2, 0.25) is 0 Å². The summed E-state index contributed by atoms with van der Waals surface area (Å²) in [6, 6.07) is 0. The molecule has 0 aliphatic heterocycles. The molecule has 0 spiro atoms. The summed E-state index contributed by atoms with van der Waals surface area (Å²) in [6.07, 6.45) is 0.